The second kappa shape index (κ2) is 3.53. The number of hydrogen-bond donors (Lipinski definition) is 1. The summed E-state index contributed by atoms with van der Waals surface area (Å²) in [6, 6.07) is 10.5. The first-order chi connectivity index (χ1) is 5.52. The molecule has 1 rings (SSSR count). The standard InChI is InChI=1S/C11H16S/c1-9(11(2,3)12)10-7-5-4-6-8-10/h4-9,12H,1-3H3. The molecule has 1 heteroatoms. The normalized spacial score (nSPS) is 14.3. The van der Waals surface area contributed by atoms with Crippen molar-refractivity contribution in [3.8, 4) is 0 Å². The minimum Gasteiger partial charge on any atom is -0.172 e. The van der Waals surface area contributed by atoms with Crippen molar-refractivity contribution in [1.29, 1.82) is 0 Å². The second-order valence-corrected chi connectivity index (χ2v) is 4.94. The Labute approximate surface area is 80.4 Å². The van der Waals surface area contributed by atoms with Gasteiger partial charge in [-0.2, -0.15) is 12.6 Å². The van der Waals surface area contributed by atoms with Crippen LogP contribution in [-0.2, 0) is 0 Å². The van der Waals surface area contributed by atoms with Crippen molar-refractivity contribution in [2.24, 2.45) is 0 Å². The van der Waals surface area contributed by atoms with Gasteiger partial charge in [0, 0.05) is 4.75 Å². The molecule has 0 aliphatic carbocycles. The third kappa shape index (κ3) is 2.28. The van der Waals surface area contributed by atoms with E-state index in [4.69, 9.17) is 0 Å². The van der Waals surface area contributed by atoms with Gasteiger partial charge in [-0.3, -0.25) is 0 Å². The van der Waals surface area contributed by atoms with Gasteiger partial charge >= 0.3 is 0 Å². The van der Waals surface area contributed by atoms with Gasteiger partial charge in [0.25, 0.3) is 0 Å². The largest absolute Gasteiger partial charge is 0.172 e. The van der Waals surface area contributed by atoms with Crippen LogP contribution < -0.4 is 0 Å². The Balaban J connectivity index is 2.86. The van der Waals surface area contributed by atoms with E-state index in [0.29, 0.717) is 5.92 Å². The molecular formula is C11H16S. The summed E-state index contributed by atoms with van der Waals surface area (Å²) in [6.07, 6.45) is 0. The lowest BCUT2D eigenvalue weighted by Crippen LogP contribution is -2.19. The van der Waals surface area contributed by atoms with Crippen molar-refractivity contribution in [3.05, 3.63) is 35.9 Å². The van der Waals surface area contributed by atoms with Crippen LogP contribution in [0.5, 0.6) is 0 Å². The lowest BCUT2D eigenvalue weighted by Gasteiger charge is -2.26. The highest BCUT2D eigenvalue weighted by molar-refractivity contribution is 7.81. The Morgan fingerprint density at radius 3 is 2.08 bits per heavy atom. The Hall–Kier alpha value is -0.430. The molecule has 0 fully saturated rings. The summed E-state index contributed by atoms with van der Waals surface area (Å²) in [6.45, 7) is 6.50. The van der Waals surface area contributed by atoms with Crippen LogP contribution in [0, 0.1) is 0 Å². The monoisotopic (exact) mass is 180 g/mol. The van der Waals surface area contributed by atoms with Crippen LogP contribution in [0.4, 0.5) is 0 Å². The number of benzene rings is 1. The molecule has 1 unspecified atom stereocenters. The summed E-state index contributed by atoms with van der Waals surface area (Å²) in [5.74, 6) is 0.488. The molecule has 0 saturated carbocycles. The van der Waals surface area contributed by atoms with Crippen LogP contribution in [0.1, 0.15) is 32.3 Å². The van der Waals surface area contributed by atoms with Crippen molar-refractivity contribution in [3.63, 3.8) is 0 Å². The number of rotatable bonds is 2. The smallest absolute Gasteiger partial charge is 0.0139 e. The maximum Gasteiger partial charge on any atom is 0.0139 e. The summed E-state index contributed by atoms with van der Waals surface area (Å²) in [5.41, 5.74) is 1.36. The summed E-state index contributed by atoms with van der Waals surface area (Å²) >= 11 is 4.56. The molecule has 1 aromatic rings. The van der Waals surface area contributed by atoms with Crippen LogP contribution in [0.2, 0.25) is 0 Å². The molecule has 0 aromatic heterocycles. The van der Waals surface area contributed by atoms with E-state index in [-0.39, 0.29) is 4.75 Å². The van der Waals surface area contributed by atoms with Gasteiger partial charge in [-0.15, -0.1) is 0 Å². The van der Waals surface area contributed by atoms with Gasteiger partial charge in [0.05, 0.1) is 0 Å². The number of thiol groups is 1. The van der Waals surface area contributed by atoms with Crippen LogP contribution >= 0.6 is 12.6 Å². The third-order valence-corrected chi connectivity index (χ3v) is 2.75. The zero-order valence-corrected chi connectivity index (χ0v) is 8.81. The molecule has 1 atom stereocenters. The Morgan fingerprint density at radius 2 is 1.67 bits per heavy atom. The molecule has 66 valence electrons. The summed E-state index contributed by atoms with van der Waals surface area (Å²) in [5, 5.41) is 0. The van der Waals surface area contributed by atoms with E-state index in [1.807, 2.05) is 6.07 Å². The average Bonchev–Trinajstić information content (AvgIpc) is 2.03. The first kappa shape index (κ1) is 9.66. The molecule has 12 heavy (non-hydrogen) atoms. The highest BCUT2D eigenvalue weighted by atomic mass is 32.1. The summed E-state index contributed by atoms with van der Waals surface area (Å²) in [7, 11) is 0. The molecule has 0 bridgehead atoms. The maximum absolute atomic E-state index is 4.56. The molecule has 1 aromatic carbocycles. The van der Waals surface area contributed by atoms with E-state index in [0.717, 1.165) is 0 Å². The van der Waals surface area contributed by atoms with E-state index in [1.54, 1.807) is 0 Å². The zero-order chi connectivity index (χ0) is 9.19. The fourth-order valence-corrected chi connectivity index (χ4v) is 1.30. The highest BCUT2D eigenvalue weighted by Gasteiger charge is 2.21. The number of hydrogen-bond acceptors (Lipinski definition) is 1. The molecular weight excluding hydrogens is 164 g/mol. The van der Waals surface area contributed by atoms with Crippen molar-refractivity contribution < 1.29 is 0 Å². The predicted molar refractivity (Wildman–Crippen MR) is 57.9 cm³/mol. The SMILES string of the molecule is CC(c1ccccc1)C(C)(C)S. The summed E-state index contributed by atoms with van der Waals surface area (Å²) < 4.78 is 0.0569. The Kier molecular flexibility index (Phi) is 2.84. The highest BCUT2D eigenvalue weighted by Crippen LogP contribution is 2.31. The summed E-state index contributed by atoms with van der Waals surface area (Å²) in [4.78, 5) is 0. The molecule has 0 aliphatic heterocycles. The van der Waals surface area contributed by atoms with Crippen LogP contribution in [0.15, 0.2) is 30.3 Å². The molecule has 0 heterocycles. The predicted octanol–water partition coefficient (Wildman–Crippen LogP) is 3.50. The van der Waals surface area contributed by atoms with E-state index in [9.17, 15) is 0 Å². The van der Waals surface area contributed by atoms with Gasteiger partial charge < -0.3 is 0 Å². The van der Waals surface area contributed by atoms with Crippen LogP contribution in [-0.4, -0.2) is 4.75 Å². The lowest BCUT2D eigenvalue weighted by molar-refractivity contribution is 0.591. The Bertz CT molecular complexity index is 233. The topological polar surface area (TPSA) is 0 Å². The van der Waals surface area contributed by atoms with Gasteiger partial charge in [0.15, 0.2) is 0 Å². The van der Waals surface area contributed by atoms with E-state index in [2.05, 4.69) is 57.7 Å². The molecule has 0 N–H and O–H groups in total. The van der Waals surface area contributed by atoms with Crippen molar-refractivity contribution in [1.82, 2.24) is 0 Å². The average molecular weight is 180 g/mol. The van der Waals surface area contributed by atoms with Crippen molar-refractivity contribution >= 4 is 12.6 Å². The van der Waals surface area contributed by atoms with Gasteiger partial charge in [0.1, 0.15) is 0 Å². The third-order valence-electron chi connectivity index (χ3n) is 2.36. The van der Waals surface area contributed by atoms with Gasteiger partial charge in [-0.1, -0.05) is 51.1 Å². The van der Waals surface area contributed by atoms with Gasteiger partial charge in [0.2, 0.25) is 0 Å². The molecule has 0 spiro atoms. The van der Waals surface area contributed by atoms with E-state index in [1.165, 1.54) is 5.56 Å². The Morgan fingerprint density at radius 1 is 1.17 bits per heavy atom. The van der Waals surface area contributed by atoms with Crippen LogP contribution in [0.3, 0.4) is 0 Å². The van der Waals surface area contributed by atoms with Gasteiger partial charge in [-0.05, 0) is 11.5 Å². The fraction of sp³-hybridized carbons (Fsp3) is 0.455. The lowest BCUT2D eigenvalue weighted by atomic mass is 9.89. The second-order valence-electron chi connectivity index (χ2n) is 3.79. The fourth-order valence-electron chi connectivity index (χ4n) is 1.15. The van der Waals surface area contributed by atoms with Crippen molar-refractivity contribution in [2.45, 2.75) is 31.4 Å². The first-order valence-corrected chi connectivity index (χ1v) is 4.74. The molecule has 0 saturated heterocycles. The molecule has 0 radical (unpaired) electrons. The quantitative estimate of drug-likeness (QED) is 0.662. The van der Waals surface area contributed by atoms with Crippen molar-refractivity contribution in [2.75, 3.05) is 0 Å². The minimum absolute atomic E-state index is 0.0569. The van der Waals surface area contributed by atoms with E-state index >= 15 is 0 Å². The molecule has 0 amide bonds. The van der Waals surface area contributed by atoms with E-state index < -0.39 is 0 Å². The first-order valence-electron chi connectivity index (χ1n) is 4.29. The molecule has 0 nitrogen and oxygen atoms in total. The van der Waals surface area contributed by atoms with Gasteiger partial charge in [-0.25, -0.2) is 0 Å². The molecule has 0 aliphatic rings. The minimum atomic E-state index is 0.0569. The maximum atomic E-state index is 4.56. The van der Waals surface area contributed by atoms with Crippen LogP contribution in [0.25, 0.3) is 0 Å². The zero-order valence-electron chi connectivity index (χ0n) is 7.91.